The summed E-state index contributed by atoms with van der Waals surface area (Å²) in [5.74, 6) is -0.383. The van der Waals surface area contributed by atoms with E-state index in [1.54, 1.807) is 6.07 Å². The summed E-state index contributed by atoms with van der Waals surface area (Å²) in [6.07, 6.45) is 0.213. The van der Waals surface area contributed by atoms with Crippen molar-refractivity contribution in [2.24, 2.45) is 0 Å². The number of ether oxygens (including phenoxy) is 1. The molecule has 0 N–H and O–H groups in total. The van der Waals surface area contributed by atoms with Crippen LogP contribution in [0.2, 0.25) is 0 Å². The molecule has 2 aromatic carbocycles. The van der Waals surface area contributed by atoms with Gasteiger partial charge in [0.1, 0.15) is 0 Å². The van der Waals surface area contributed by atoms with Crippen LogP contribution in [0.4, 0.5) is 0 Å². The average Bonchev–Trinajstić information content (AvgIpc) is 2.84. The fourth-order valence-corrected chi connectivity index (χ4v) is 2.32. The van der Waals surface area contributed by atoms with Crippen LogP contribution >= 0.6 is 0 Å². The molecule has 0 bridgehead atoms. The minimum absolute atomic E-state index is 0.0994. The molecule has 0 amide bonds. The van der Waals surface area contributed by atoms with Crippen molar-refractivity contribution in [2.45, 2.75) is 18.9 Å². The maximum atomic E-state index is 12.3. The Kier molecular flexibility index (Phi) is 2.59. The van der Waals surface area contributed by atoms with Crippen molar-refractivity contribution in [2.75, 3.05) is 0 Å². The first-order chi connectivity index (χ1) is 8.75. The maximum absolute atomic E-state index is 12.3. The second-order valence-electron chi connectivity index (χ2n) is 4.41. The number of carbonyl (C=O) groups is 2. The van der Waals surface area contributed by atoms with Gasteiger partial charge in [0.25, 0.3) is 0 Å². The largest absolute Gasteiger partial charge is 0.454 e. The minimum atomic E-state index is -0.608. The van der Waals surface area contributed by atoms with Gasteiger partial charge in [-0.25, -0.2) is 0 Å². The van der Waals surface area contributed by atoms with E-state index in [4.69, 9.17) is 4.74 Å². The van der Waals surface area contributed by atoms with Gasteiger partial charge < -0.3 is 4.74 Å². The Labute approximate surface area is 104 Å². The third kappa shape index (κ3) is 1.78. The minimum Gasteiger partial charge on any atom is -0.454 e. The predicted molar refractivity (Wildman–Crippen MR) is 67.4 cm³/mol. The first-order valence-corrected chi connectivity index (χ1v) is 5.97. The van der Waals surface area contributed by atoms with Crippen LogP contribution in [0.15, 0.2) is 42.5 Å². The van der Waals surface area contributed by atoms with Gasteiger partial charge in [0.15, 0.2) is 6.10 Å². The molecule has 1 heterocycles. The van der Waals surface area contributed by atoms with Gasteiger partial charge in [-0.05, 0) is 10.8 Å². The quantitative estimate of drug-likeness (QED) is 0.598. The number of carbonyl (C=O) groups excluding carboxylic acids is 2. The van der Waals surface area contributed by atoms with E-state index in [2.05, 4.69) is 0 Å². The standard InChI is InChI=1S/C15H12O3/c16-14-9-8-13(18-14)15(17)12-7-3-5-10-4-1-2-6-11(10)12/h1-7,13H,8-9H2. The van der Waals surface area contributed by atoms with Gasteiger partial charge in [-0.15, -0.1) is 0 Å². The SMILES string of the molecule is O=C1CCC(C(=O)c2cccc3ccccc23)O1. The molecule has 1 fully saturated rings. The van der Waals surface area contributed by atoms with E-state index in [0.29, 0.717) is 18.4 Å². The van der Waals surface area contributed by atoms with Gasteiger partial charge in [0, 0.05) is 18.4 Å². The van der Waals surface area contributed by atoms with Crippen LogP contribution in [0.3, 0.4) is 0 Å². The molecule has 0 aliphatic carbocycles. The topological polar surface area (TPSA) is 43.4 Å². The van der Waals surface area contributed by atoms with Crippen molar-refractivity contribution in [1.29, 1.82) is 0 Å². The van der Waals surface area contributed by atoms with Crippen molar-refractivity contribution in [3.63, 3.8) is 0 Å². The molecule has 0 radical (unpaired) electrons. The molecule has 0 aromatic heterocycles. The highest BCUT2D eigenvalue weighted by Gasteiger charge is 2.31. The van der Waals surface area contributed by atoms with E-state index in [-0.39, 0.29) is 11.8 Å². The van der Waals surface area contributed by atoms with Crippen LogP contribution in [0.25, 0.3) is 10.8 Å². The van der Waals surface area contributed by atoms with Crippen molar-refractivity contribution < 1.29 is 14.3 Å². The number of esters is 1. The summed E-state index contributed by atoms with van der Waals surface area (Å²) in [4.78, 5) is 23.4. The molecule has 3 nitrogen and oxygen atoms in total. The monoisotopic (exact) mass is 240 g/mol. The summed E-state index contributed by atoms with van der Waals surface area (Å²) in [7, 11) is 0. The van der Waals surface area contributed by atoms with Crippen molar-refractivity contribution >= 4 is 22.5 Å². The van der Waals surface area contributed by atoms with Crippen molar-refractivity contribution in [1.82, 2.24) is 0 Å². The molecular formula is C15H12O3. The molecule has 1 aliphatic rings. The molecule has 0 saturated carbocycles. The summed E-state index contributed by atoms with van der Waals surface area (Å²) in [6, 6.07) is 13.3. The molecule has 90 valence electrons. The van der Waals surface area contributed by atoms with E-state index >= 15 is 0 Å². The summed E-state index contributed by atoms with van der Waals surface area (Å²) in [6.45, 7) is 0. The smallest absolute Gasteiger partial charge is 0.306 e. The highest BCUT2D eigenvalue weighted by Crippen LogP contribution is 2.24. The summed E-state index contributed by atoms with van der Waals surface area (Å²) < 4.78 is 5.04. The molecule has 1 aliphatic heterocycles. The second-order valence-corrected chi connectivity index (χ2v) is 4.41. The van der Waals surface area contributed by atoms with Crippen LogP contribution in [0, 0.1) is 0 Å². The van der Waals surface area contributed by atoms with Crippen LogP contribution in [-0.4, -0.2) is 17.9 Å². The Morgan fingerprint density at radius 1 is 1.11 bits per heavy atom. The predicted octanol–water partition coefficient (Wildman–Crippen LogP) is 2.73. The van der Waals surface area contributed by atoms with E-state index < -0.39 is 6.10 Å². The van der Waals surface area contributed by atoms with Crippen LogP contribution in [0.1, 0.15) is 23.2 Å². The van der Waals surface area contributed by atoms with E-state index in [9.17, 15) is 9.59 Å². The fourth-order valence-electron chi connectivity index (χ4n) is 2.32. The zero-order chi connectivity index (χ0) is 12.5. The van der Waals surface area contributed by atoms with Crippen LogP contribution in [-0.2, 0) is 9.53 Å². The highest BCUT2D eigenvalue weighted by molar-refractivity contribution is 6.11. The van der Waals surface area contributed by atoms with E-state index in [1.165, 1.54) is 0 Å². The van der Waals surface area contributed by atoms with Gasteiger partial charge in [-0.2, -0.15) is 0 Å². The number of rotatable bonds is 2. The van der Waals surface area contributed by atoms with Crippen molar-refractivity contribution in [3.8, 4) is 0 Å². The van der Waals surface area contributed by atoms with Crippen LogP contribution in [0.5, 0.6) is 0 Å². The van der Waals surface area contributed by atoms with Crippen LogP contribution < -0.4 is 0 Å². The summed E-state index contributed by atoms with van der Waals surface area (Å²) in [5, 5.41) is 1.93. The first kappa shape index (κ1) is 11.0. The lowest BCUT2D eigenvalue weighted by Gasteiger charge is -2.10. The molecule has 1 saturated heterocycles. The Balaban J connectivity index is 2.04. The fraction of sp³-hybridized carbons (Fsp3) is 0.200. The zero-order valence-electron chi connectivity index (χ0n) is 9.76. The molecular weight excluding hydrogens is 228 g/mol. The lowest BCUT2D eigenvalue weighted by Crippen LogP contribution is -2.20. The normalized spacial score (nSPS) is 18.9. The average molecular weight is 240 g/mol. The first-order valence-electron chi connectivity index (χ1n) is 5.97. The number of Topliss-reactive ketones (excluding diaryl/α,β-unsaturated/α-hetero) is 1. The lowest BCUT2D eigenvalue weighted by atomic mass is 9.98. The number of benzene rings is 2. The molecule has 3 heteroatoms. The summed E-state index contributed by atoms with van der Waals surface area (Å²) in [5.41, 5.74) is 0.632. The lowest BCUT2D eigenvalue weighted by molar-refractivity contribution is -0.140. The van der Waals surface area contributed by atoms with Gasteiger partial charge in [-0.3, -0.25) is 9.59 Å². The third-order valence-electron chi connectivity index (χ3n) is 3.23. The van der Waals surface area contributed by atoms with Gasteiger partial charge in [-0.1, -0.05) is 42.5 Å². The third-order valence-corrected chi connectivity index (χ3v) is 3.23. The molecule has 2 aromatic rings. The van der Waals surface area contributed by atoms with E-state index in [0.717, 1.165) is 10.8 Å². The number of hydrogen-bond acceptors (Lipinski definition) is 3. The highest BCUT2D eigenvalue weighted by atomic mass is 16.6. The number of hydrogen-bond donors (Lipinski definition) is 0. The Morgan fingerprint density at radius 3 is 2.67 bits per heavy atom. The van der Waals surface area contributed by atoms with Gasteiger partial charge in [0.2, 0.25) is 5.78 Å². The van der Waals surface area contributed by atoms with Gasteiger partial charge >= 0.3 is 5.97 Å². The zero-order valence-corrected chi connectivity index (χ0v) is 9.76. The maximum Gasteiger partial charge on any atom is 0.306 e. The number of cyclic esters (lactones) is 1. The Bertz CT molecular complexity index is 625. The Hall–Kier alpha value is -2.16. The van der Waals surface area contributed by atoms with Gasteiger partial charge in [0.05, 0.1) is 0 Å². The number of fused-ring (bicyclic) bond motifs is 1. The molecule has 1 atom stereocenters. The molecule has 0 spiro atoms. The molecule has 18 heavy (non-hydrogen) atoms. The molecule has 1 unspecified atom stereocenters. The van der Waals surface area contributed by atoms with Crippen molar-refractivity contribution in [3.05, 3.63) is 48.0 Å². The number of ketones is 1. The molecule has 3 rings (SSSR count). The summed E-state index contributed by atoms with van der Waals surface area (Å²) >= 11 is 0. The Morgan fingerprint density at radius 2 is 1.89 bits per heavy atom. The second kappa shape index (κ2) is 4.26. The van der Waals surface area contributed by atoms with E-state index in [1.807, 2.05) is 36.4 Å².